The highest BCUT2D eigenvalue weighted by Crippen LogP contribution is 2.38. The van der Waals surface area contributed by atoms with E-state index in [0.29, 0.717) is 12.1 Å². The predicted molar refractivity (Wildman–Crippen MR) is 113 cm³/mol. The van der Waals surface area contributed by atoms with Crippen molar-refractivity contribution in [1.82, 2.24) is 24.6 Å². The van der Waals surface area contributed by atoms with E-state index in [0.717, 1.165) is 27.0 Å². The summed E-state index contributed by atoms with van der Waals surface area (Å²) < 4.78 is 90.2. The van der Waals surface area contributed by atoms with Crippen molar-refractivity contribution in [2.75, 3.05) is 46.6 Å². The number of hydrogen-bond donors (Lipinski definition) is 1. The van der Waals surface area contributed by atoms with Crippen LogP contribution in [0.2, 0.25) is 0 Å². The predicted octanol–water partition coefficient (Wildman–Crippen LogP) is 2.70. The quantitative estimate of drug-likeness (QED) is 0.215. The first-order chi connectivity index (χ1) is 17.3. The number of carbonyl (C=O) groups is 2. The summed E-state index contributed by atoms with van der Waals surface area (Å²) in [6.07, 6.45) is -8.05. The molecular weight excluding hydrogens is 516 g/mol. The second-order valence-electron chi connectivity index (χ2n) is 7.60. The molecule has 0 bridgehead atoms. The summed E-state index contributed by atoms with van der Waals surface area (Å²) in [5, 5.41) is 12.5. The molecule has 1 aliphatic rings. The first-order valence-corrected chi connectivity index (χ1v) is 10.6. The van der Waals surface area contributed by atoms with Gasteiger partial charge in [-0.05, 0) is 18.2 Å². The molecule has 1 aromatic heterocycles. The van der Waals surface area contributed by atoms with Gasteiger partial charge in [-0.2, -0.15) is 26.3 Å². The van der Waals surface area contributed by atoms with Crippen molar-refractivity contribution < 1.29 is 50.5 Å². The number of alkyl halides is 6. The van der Waals surface area contributed by atoms with E-state index in [1.54, 1.807) is 0 Å². The largest absolute Gasteiger partial charge is 0.416 e. The molecule has 3 amide bonds. The Morgan fingerprint density at radius 2 is 1.54 bits per heavy atom. The van der Waals surface area contributed by atoms with Crippen LogP contribution in [0.4, 0.5) is 31.1 Å². The van der Waals surface area contributed by atoms with Crippen LogP contribution in [0.5, 0.6) is 0 Å². The van der Waals surface area contributed by atoms with E-state index in [1.807, 2.05) is 0 Å². The minimum atomic E-state index is -5.05. The molecular formula is C21H21F6N5O5. The summed E-state index contributed by atoms with van der Waals surface area (Å²) in [7, 11) is 1.23. The monoisotopic (exact) mass is 537 g/mol. The Balaban J connectivity index is 1.83. The number of benzene rings is 1. The maximum atomic E-state index is 13.2. The smallest absolute Gasteiger partial charge is 0.394 e. The van der Waals surface area contributed by atoms with Crippen LogP contribution in [0, 0.1) is 0 Å². The first-order valence-electron chi connectivity index (χ1n) is 10.6. The summed E-state index contributed by atoms with van der Waals surface area (Å²) in [5.41, 5.74) is -3.76. The van der Waals surface area contributed by atoms with Crippen molar-refractivity contribution in [2.45, 2.75) is 12.4 Å². The number of ether oxygens (including phenoxy) is 2. The lowest BCUT2D eigenvalue weighted by molar-refractivity contribution is -0.143. The molecule has 10 nitrogen and oxygen atoms in total. The molecule has 1 fully saturated rings. The van der Waals surface area contributed by atoms with E-state index < -0.39 is 46.8 Å². The Morgan fingerprint density at radius 1 is 0.946 bits per heavy atom. The molecule has 1 aliphatic heterocycles. The van der Waals surface area contributed by atoms with Gasteiger partial charge in [0.1, 0.15) is 12.0 Å². The number of hydrogen-bond acceptors (Lipinski definition) is 7. The van der Waals surface area contributed by atoms with Gasteiger partial charge in [-0.1, -0.05) is 0 Å². The minimum Gasteiger partial charge on any atom is -0.394 e. The van der Waals surface area contributed by atoms with Gasteiger partial charge in [0.2, 0.25) is 0 Å². The van der Waals surface area contributed by atoms with Gasteiger partial charge in [-0.3, -0.25) is 14.6 Å². The second-order valence-corrected chi connectivity index (χ2v) is 7.60. The highest BCUT2D eigenvalue weighted by Gasteiger charge is 2.39. The van der Waals surface area contributed by atoms with Crippen LogP contribution in [0.1, 0.15) is 11.1 Å². The zero-order chi connectivity index (χ0) is 27.4. The van der Waals surface area contributed by atoms with E-state index in [-0.39, 0.29) is 51.3 Å². The summed E-state index contributed by atoms with van der Waals surface area (Å²) >= 11 is 0. The van der Waals surface area contributed by atoms with Crippen molar-refractivity contribution in [3.05, 3.63) is 41.4 Å². The summed E-state index contributed by atoms with van der Waals surface area (Å²) in [4.78, 5) is 30.6. The van der Waals surface area contributed by atoms with Crippen molar-refractivity contribution >= 4 is 18.1 Å². The van der Waals surface area contributed by atoms with Crippen molar-refractivity contribution in [3.8, 4) is 11.4 Å². The minimum absolute atomic E-state index is 0.0136. The van der Waals surface area contributed by atoms with Gasteiger partial charge >= 0.3 is 18.4 Å². The van der Waals surface area contributed by atoms with Crippen LogP contribution in [0.15, 0.2) is 30.2 Å². The summed E-state index contributed by atoms with van der Waals surface area (Å²) in [6, 6.07) is 0.270. The fourth-order valence-electron chi connectivity index (χ4n) is 3.22. The Bertz CT molecular complexity index is 1130. The van der Waals surface area contributed by atoms with Crippen LogP contribution in [0.25, 0.3) is 17.6 Å². The van der Waals surface area contributed by atoms with Gasteiger partial charge in [0.25, 0.3) is 5.91 Å². The molecule has 37 heavy (non-hydrogen) atoms. The number of carbonyl (C=O) groups excluding carboxylic acids is 2. The van der Waals surface area contributed by atoms with E-state index in [1.165, 1.54) is 7.05 Å². The third kappa shape index (κ3) is 6.84. The van der Waals surface area contributed by atoms with Crippen molar-refractivity contribution in [2.24, 2.45) is 0 Å². The molecule has 2 heterocycles. The average Bonchev–Trinajstić information content (AvgIpc) is 3.37. The average molecular weight is 537 g/mol. The third-order valence-electron chi connectivity index (χ3n) is 5.01. The lowest BCUT2D eigenvalue weighted by Crippen LogP contribution is -2.32. The highest BCUT2D eigenvalue weighted by molar-refractivity contribution is 6.12. The second kappa shape index (κ2) is 11.3. The lowest BCUT2D eigenvalue weighted by Gasteiger charge is -2.15. The van der Waals surface area contributed by atoms with Gasteiger partial charge in [-0.25, -0.2) is 14.5 Å². The van der Waals surface area contributed by atoms with Crippen molar-refractivity contribution in [1.29, 1.82) is 0 Å². The standard InChI is InChI=1S/C21H21F6N5O5/c1-30-18(34)16(32(19(30)35)2-4-36-6-7-37-5-3-33)11-31-12-28-17(29-31)13-8-14(20(22,23)24)10-15(9-13)21(25,26)27/h8-12,33H,2-7H2,1H3/b16-11-. The zero-order valence-corrected chi connectivity index (χ0v) is 19.2. The van der Waals surface area contributed by atoms with E-state index >= 15 is 0 Å². The van der Waals surface area contributed by atoms with Crippen LogP contribution >= 0.6 is 0 Å². The van der Waals surface area contributed by atoms with Crippen LogP contribution < -0.4 is 0 Å². The molecule has 1 N–H and O–H groups in total. The number of halogens is 6. The molecule has 0 atom stereocenters. The van der Waals surface area contributed by atoms with Crippen LogP contribution in [-0.2, 0) is 26.6 Å². The molecule has 0 unspecified atom stereocenters. The number of aromatic nitrogens is 3. The third-order valence-corrected chi connectivity index (χ3v) is 5.01. The number of aliphatic hydroxyl groups is 1. The number of urea groups is 1. The molecule has 16 heteroatoms. The first kappa shape index (κ1) is 28.1. The Kier molecular flexibility index (Phi) is 8.55. The van der Waals surface area contributed by atoms with Crippen LogP contribution in [0.3, 0.4) is 0 Å². The molecule has 3 rings (SSSR count). The van der Waals surface area contributed by atoms with Gasteiger partial charge in [0.05, 0.1) is 56.9 Å². The number of imide groups is 1. The number of amides is 3. The molecule has 0 radical (unpaired) electrons. The summed E-state index contributed by atoms with van der Waals surface area (Å²) in [6.45, 7) is 0.312. The molecule has 202 valence electrons. The zero-order valence-electron chi connectivity index (χ0n) is 19.2. The Morgan fingerprint density at radius 3 is 2.11 bits per heavy atom. The number of likely N-dealkylation sites (N-methyl/N-ethyl adjacent to an activating group) is 1. The SMILES string of the molecule is CN1C(=O)/C(=C/n2cnc(-c3cc(C(F)(F)F)cc(C(F)(F)F)c3)n2)N(CCOCCOCCO)C1=O. The van der Waals surface area contributed by atoms with E-state index in [4.69, 9.17) is 14.6 Å². The molecule has 1 aromatic carbocycles. The fraction of sp³-hybridized carbons (Fsp3) is 0.429. The maximum Gasteiger partial charge on any atom is 0.416 e. The number of rotatable bonds is 10. The molecule has 0 saturated carbocycles. The Hall–Kier alpha value is -3.50. The topological polar surface area (TPSA) is 110 Å². The van der Waals surface area contributed by atoms with Gasteiger partial charge in [-0.15, -0.1) is 5.10 Å². The maximum absolute atomic E-state index is 13.2. The van der Waals surface area contributed by atoms with Crippen LogP contribution in [-0.4, -0.2) is 88.2 Å². The van der Waals surface area contributed by atoms with E-state index in [9.17, 15) is 35.9 Å². The molecule has 1 saturated heterocycles. The molecule has 0 aliphatic carbocycles. The van der Waals surface area contributed by atoms with Gasteiger partial charge < -0.3 is 14.6 Å². The highest BCUT2D eigenvalue weighted by atomic mass is 19.4. The fourth-order valence-corrected chi connectivity index (χ4v) is 3.22. The van der Waals surface area contributed by atoms with Gasteiger partial charge in [0, 0.05) is 12.6 Å². The van der Waals surface area contributed by atoms with Gasteiger partial charge in [0.15, 0.2) is 5.82 Å². The van der Waals surface area contributed by atoms with Crippen molar-refractivity contribution in [3.63, 3.8) is 0 Å². The lowest BCUT2D eigenvalue weighted by atomic mass is 10.0. The summed E-state index contributed by atoms with van der Waals surface area (Å²) in [5.74, 6) is -1.18. The number of nitrogens with zero attached hydrogens (tertiary/aromatic N) is 5. The molecule has 2 aromatic rings. The molecule has 0 spiro atoms. The normalized spacial score (nSPS) is 15.9. The van der Waals surface area contributed by atoms with E-state index in [2.05, 4.69) is 10.1 Å². The Labute approximate surface area is 205 Å². The number of aliphatic hydroxyl groups excluding tert-OH is 1.